The summed E-state index contributed by atoms with van der Waals surface area (Å²) in [7, 11) is 0.718. The van der Waals surface area contributed by atoms with Gasteiger partial charge in [-0.05, 0) is 18.4 Å². The van der Waals surface area contributed by atoms with Crippen LogP contribution >= 0.6 is 11.8 Å². The van der Waals surface area contributed by atoms with E-state index in [0.29, 0.717) is 12.1 Å². The largest absolute Gasteiger partial charge is 0.451 e. The number of fused-ring (bicyclic) bond motifs is 1. The number of rotatable bonds is 2. The van der Waals surface area contributed by atoms with Crippen molar-refractivity contribution in [2.45, 2.75) is 17.4 Å². The Kier molecular flexibility index (Phi) is 5.16. The first kappa shape index (κ1) is 21.8. The minimum atomic E-state index is -5.03. The second-order valence-corrected chi connectivity index (χ2v) is 6.71. The molecule has 0 amide bonds. The molecule has 0 fully saturated rings. The molecule has 0 saturated carbocycles. The molecule has 160 valence electrons. The van der Waals surface area contributed by atoms with E-state index in [9.17, 15) is 40.3 Å². The fourth-order valence-corrected chi connectivity index (χ4v) is 3.24. The van der Waals surface area contributed by atoms with Gasteiger partial charge in [0.05, 0.1) is 11.2 Å². The van der Waals surface area contributed by atoms with Crippen molar-refractivity contribution in [3.8, 4) is 5.69 Å². The van der Waals surface area contributed by atoms with Crippen LogP contribution in [0.25, 0.3) is 16.6 Å². The third-order valence-electron chi connectivity index (χ3n) is 4.03. The smallest absolute Gasteiger partial charge is 0.292 e. The lowest BCUT2D eigenvalue weighted by molar-refractivity contribution is -0.145. The van der Waals surface area contributed by atoms with E-state index >= 15 is 0 Å². The summed E-state index contributed by atoms with van der Waals surface area (Å²) in [4.78, 5) is 31.1. The van der Waals surface area contributed by atoms with Gasteiger partial charge < -0.3 is 0 Å². The fourth-order valence-electron chi connectivity index (χ4n) is 2.68. The molecule has 3 aromatic rings. The lowest BCUT2D eigenvalue weighted by Crippen LogP contribution is -2.41. The highest BCUT2D eigenvalue weighted by molar-refractivity contribution is 7.98. The Morgan fingerprint density at radius 2 is 1.60 bits per heavy atom. The average Bonchev–Trinajstić information content (AvgIpc) is 2.62. The minimum Gasteiger partial charge on any atom is -0.292 e. The predicted molar refractivity (Wildman–Crippen MR) is 92.1 cm³/mol. The molecule has 0 aliphatic heterocycles. The topological polar surface area (TPSA) is 69.8 Å². The first-order valence-corrected chi connectivity index (χ1v) is 9.01. The average molecular weight is 454 g/mol. The Bertz CT molecular complexity index is 1280. The van der Waals surface area contributed by atoms with Crippen molar-refractivity contribution in [1.29, 1.82) is 0 Å². The Hall–Kier alpha value is -2.90. The third kappa shape index (κ3) is 3.66. The van der Waals surface area contributed by atoms with Crippen LogP contribution in [0.5, 0.6) is 0 Å². The molecular formula is C16H9F7N4O2S. The highest BCUT2D eigenvalue weighted by Crippen LogP contribution is 2.33. The standard InChI is InChI=1S/C16H9F7N4O2S/c1-26-10(15(18,19)20)5-11(28)27(14(26)29)9-4-8-6(3-7(9)17)12(30-2)25-13(24-8)16(21,22)23/h3-5H,1-2H3. The molecule has 14 heteroatoms. The molecule has 2 aromatic heterocycles. The molecule has 2 heterocycles. The summed E-state index contributed by atoms with van der Waals surface area (Å²) in [5.41, 5.74) is -5.92. The van der Waals surface area contributed by atoms with E-state index in [-0.39, 0.29) is 25.6 Å². The normalized spacial score (nSPS) is 12.6. The maximum atomic E-state index is 14.7. The van der Waals surface area contributed by atoms with E-state index in [2.05, 4.69) is 9.97 Å². The van der Waals surface area contributed by atoms with Crippen LogP contribution in [0, 0.1) is 5.82 Å². The highest BCUT2D eigenvalue weighted by Gasteiger charge is 2.37. The van der Waals surface area contributed by atoms with Crippen molar-refractivity contribution in [1.82, 2.24) is 19.1 Å². The summed E-state index contributed by atoms with van der Waals surface area (Å²) < 4.78 is 92.9. The van der Waals surface area contributed by atoms with Gasteiger partial charge in [-0.15, -0.1) is 11.8 Å². The lowest BCUT2D eigenvalue weighted by Gasteiger charge is -2.15. The summed E-state index contributed by atoms with van der Waals surface area (Å²) in [6.07, 6.45) is -8.57. The van der Waals surface area contributed by atoms with Gasteiger partial charge in [-0.1, -0.05) is 0 Å². The van der Waals surface area contributed by atoms with Gasteiger partial charge in [-0.3, -0.25) is 9.36 Å². The fraction of sp³-hybridized carbons (Fsp3) is 0.250. The Balaban J connectivity index is 2.38. The van der Waals surface area contributed by atoms with Crippen molar-refractivity contribution in [3.63, 3.8) is 0 Å². The lowest BCUT2D eigenvalue weighted by atomic mass is 10.2. The van der Waals surface area contributed by atoms with E-state index in [1.54, 1.807) is 0 Å². The summed E-state index contributed by atoms with van der Waals surface area (Å²) >= 11 is 0.775. The maximum absolute atomic E-state index is 14.7. The zero-order chi connectivity index (χ0) is 22.6. The van der Waals surface area contributed by atoms with E-state index in [1.165, 1.54) is 6.26 Å². The van der Waals surface area contributed by atoms with Crippen LogP contribution in [0.4, 0.5) is 30.7 Å². The quantitative estimate of drug-likeness (QED) is 0.338. The van der Waals surface area contributed by atoms with E-state index in [4.69, 9.17) is 0 Å². The van der Waals surface area contributed by atoms with E-state index in [0.717, 1.165) is 18.8 Å². The second kappa shape index (κ2) is 7.11. The zero-order valence-corrected chi connectivity index (χ0v) is 15.7. The number of alkyl halides is 6. The number of nitrogens with zero attached hydrogens (tertiary/aromatic N) is 4. The molecule has 6 nitrogen and oxygen atoms in total. The minimum absolute atomic E-state index is 0.0815. The summed E-state index contributed by atoms with van der Waals surface area (Å²) in [5, 5.41) is -0.348. The number of aromatic nitrogens is 4. The van der Waals surface area contributed by atoms with Gasteiger partial charge in [0.1, 0.15) is 16.5 Å². The first-order chi connectivity index (χ1) is 13.8. The van der Waals surface area contributed by atoms with Gasteiger partial charge in [0, 0.05) is 18.5 Å². The SMILES string of the molecule is CSc1nc(C(F)(F)F)nc2cc(-n3c(=O)cc(C(F)(F)F)n(C)c3=O)c(F)cc12. The first-order valence-electron chi connectivity index (χ1n) is 7.79. The molecule has 0 unspecified atom stereocenters. The van der Waals surface area contributed by atoms with Crippen LogP contribution in [0.15, 0.2) is 32.8 Å². The van der Waals surface area contributed by atoms with Crippen LogP contribution in [-0.4, -0.2) is 25.4 Å². The predicted octanol–water partition coefficient (Wildman–Crippen LogP) is 3.38. The van der Waals surface area contributed by atoms with Crippen molar-refractivity contribution in [2.24, 2.45) is 7.05 Å². The van der Waals surface area contributed by atoms with Crippen LogP contribution in [0.1, 0.15) is 11.5 Å². The van der Waals surface area contributed by atoms with Crippen LogP contribution < -0.4 is 11.2 Å². The molecule has 30 heavy (non-hydrogen) atoms. The molecule has 0 saturated heterocycles. The molecule has 1 aromatic carbocycles. The Morgan fingerprint density at radius 1 is 0.967 bits per heavy atom. The van der Waals surface area contributed by atoms with Crippen LogP contribution in [0.2, 0.25) is 0 Å². The number of hydrogen-bond acceptors (Lipinski definition) is 5. The number of hydrogen-bond donors (Lipinski definition) is 0. The molecule has 0 spiro atoms. The molecule has 3 rings (SSSR count). The van der Waals surface area contributed by atoms with Gasteiger partial charge >= 0.3 is 18.0 Å². The number of benzene rings is 1. The van der Waals surface area contributed by atoms with Crippen LogP contribution in [-0.2, 0) is 19.4 Å². The monoisotopic (exact) mass is 454 g/mol. The van der Waals surface area contributed by atoms with Gasteiger partial charge in [-0.25, -0.2) is 23.7 Å². The molecule has 0 atom stereocenters. The third-order valence-corrected chi connectivity index (χ3v) is 4.73. The van der Waals surface area contributed by atoms with E-state index < -0.39 is 52.1 Å². The molecule has 0 radical (unpaired) electrons. The Morgan fingerprint density at radius 3 is 2.13 bits per heavy atom. The van der Waals surface area contributed by atoms with Gasteiger partial charge in [-0.2, -0.15) is 26.3 Å². The second-order valence-electron chi connectivity index (χ2n) is 5.92. The highest BCUT2D eigenvalue weighted by atomic mass is 32.2. The summed E-state index contributed by atoms with van der Waals surface area (Å²) in [5.74, 6) is -2.77. The van der Waals surface area contributed by atoms with Crippen molar-refractivity contribution >= 4 is 22.7 Å². The molecule has 0 bridgehead atoms. The molecular weight excluding hydrogens is 445 g/mol. The summed E-state index contributed by atoms with van der Waals surface area (Å²) in [6.45, 7) is 0. The Labute approximate surface area is 166 Å². The van der Waals surface area contributed by atoms with Crippen molar-refractivity contribution < 1.29 is 30.7 Å². The van der Waals surface area contributed by atoms with Gasteiger partial charge in [0.2, 0.25) is 5.82 Å². The van der Waals surface area contributed by atoms with Crippen molar-refractivity contribution in [2.75, 3.05) is 6.26 Å². The maximum Gasteiger partial charge on any atom is 0.451 e. The molecule has 0 aliphatic carbocycles. The van der Waals surface area contributed by atoms with Gasteiger partial charge in [0.25, 0.3) is 5.56 Å². The molecule has 0 aliphatic rings. The number of halogens is 7. The number of thioether (sulfide) groups is 1. The van der Waals surface area contributed by atoms with Gasteiger partial charge in [0.15, 0.2) is 0 Å². The summed E-state index contributed by atoms with van der Waals surface area (Å²) in [6, 6.07) is 1.47. The van der Waals surface area contributed by atoms with E-state index in [1.807, 2.05) is 0 Å². The van der Waals surface area contributed by atoms with Crippen LogP contribution in [0.3, 0.4) is 0 Å². The van der Waals surface area contributed by atoms with Crippen molar-refractivity contribution in [3.05, 3.63) is 56.4 Å². The molecule has 0 N–H and O–H groups in total. The zero-order valence-electron chi connectivity index (χ0n) is 14.9.